The zero-order valence-electron chi connectivity index (χ0n) is 11.9. The summed E-state index contributed by atoms with van der Waals surface area (Å²) < 4.78 is 0. The van der Waals surface area contributed by atoms with Gasteiger partial charge in [0.05, 0.1) is 22.2 Å². The maximum Gasteiger partial charge on any atom is 0.224 e. The molecule has 0 bridgehead atoms. The number of carbonyl (C=O) groups excluding carboxylic acids is 1. The molecule has 0 fully saturated rings. The summed E-state index contributed by atoms with van der Waals surface area (Å²) in [5, 5.41) is 7.02. The highest BCUT2D eigenvalue weighted by molar-refractivity contribution is 6.39. The minimum Gasteiger partial charge on any atom is -0.353 e. The number of benzene rings is 2. The van der Waals surface area contributed by atoms with E-state index in [4.69, 9.17) is 23.2 Å². The summed E-state index contributed by atoms with van der Waals surface area (Å²) in [6.45, 7) is 4.03. The fraction of sp³-hybridized carbons (Fsp3) is 0.118. The molecule has 0 spiro atoms. The van der Waals surface area contributed by atoms with Crippen molar-refractivity contribution in [3.63, 3.8) is 0 Å². The second-order valence-corrected chi connectivity index (χ2v) is 5.46. The van der Waals surface area contributed by atoms with Crippen molar-refractivity contribution in [3.8, 4) is 0 Å². The number of amides is 1. The van der Waals surface area contributed by atoms with E-state index in [9.17, 15) is 4.79 Å². The molecule has 0 heterocycles. The fourth-order valence-corrected chi connectivity index (χ4v) is 2.46. The lowest BCUT2D eigenvalue weighted by Gasteiger charge is -2.14. The average molecular weight is 335 g/mol. The molecule has 22 heavy (non-hydrogen) atoms. The number of para-hydroxylation sites is 2. The van der Waals surface area contributed by atoms with Crippen LogP contribution in [-0.4, -0.2) is 12.5 Å². The molecule has 0 aromatic heterocycles. The molecule has 0 aliphatic rings. The van der Waals surface area contributed by atoms with Crippen molar-refractivity contribution in [3.05, 3.63) is 70.7 Å². The van der Waals surface area contributed by atoms with Crippen molar-refractivity contribution in [2.75, 3.05) is 11.9 Å². The van der Waals surface area contributed by atoms with E-state index >= 15 is 0 Å². The van der Waals surface area contributed by atoms with Gasteiger partial charge in [0.1, 0.15) is 0 Å². The third-order valence-electron chi connectivity index (χ3n) is 3.03. The largest absolute Gasteiger partial charge is 0.353 e. The van der Waals surface area contributed by atoms with Gasteiger partial charge in [-0.2, -0.15) is 0 Å². The van der Waals surface area contributed by atoms with E-state index in [0.29, 0.717) is 22.3 Å². The smallest absolute Gasteiger partial charge is 0.224 e. The Morgan fingerprint density at radius 2 is 1.77 bits per heavy atom. The van der Waals surface area contributed by atoms with Crippen LogP contribution in [0, 0.1) is 0 Å². The molecule has 0 radical (unpaired) electrons. The standard InChI is InChI=1S/C17H16Cl2N2O/c1-2-10-20-16(22)11-12-6-3-4-9-15(12)21-17-13(18)7-5-8-14(17)19/h2-9,21H,1,10-11H2,(H,20,22). The van der Waals surface area contributed by atoms with Crippen molar-refractivity contribution in [2.24, 2.45) is 0 Å². The number of nitrogens with one attached hydrogen (secondary N) is 2. The van der Waals surface area contributed by atoms with Gasteiger partial charge in [0, 0.05) is 12.2 Å². The van der Waals surface area contributed by atoms with Crippen LogP contribution in [0.4, 0.5) is 11.4 Å². The van der Waals surface area contributed by atoms with Crippen LogP contribution in [0.2, 0.25) is 10.0 Å². The molecule has 1 amide bonds. The zero-order valence-corrected chi connectivity index (χ0v) is 13.4. The van der Waals surface area contributed by atoms with Crippen molar-refractivity contribution < 1.29 is 4.79 Å². The summed E-state index contributed by atoms with van der Waals surface area (Å²) in [4.78, 5) is 11.9. The Hall–Kier alpha value is -1.97. The average Bonchev–Trinajstić information content (AvgIpc) is 2.50. The lowest BCUT2D eigenvalue weighted by molar-refractivity contribution is -0.120. The van der Waals surface area contributed by atoms with Gasteiger partial charge in [-0.05, 0) is 23.8 Å². The summed E-state index contributed by atoms with van der Waals surface area (Å²) in [6, 6.07) is 12.8. The SMILES string of the molecule is C=CCNC(=O)Cc1ccccc1Nc1c(Cl)cccc1Cl. The van der Waals surface area contributed by atoms with Crippen LogP contribution in [0.3, 0.4) is 0 Å². The quantitative estimate of drug-likeness (QED) is 0.759. The lowest BCUT2D eigenvalue weighted by Crippen LogP contribution is -2.25. The summed E-state index contributed by atoms with van der Waals surface area (Å²) in [5.74, 6) is -0.0700. The first-order valence-corrected chi connectivity index (χ1v) is 7.54. The minimum atomic E-state index is -0.0700. The van der Waals surface area contributed by atoms with Crippen LogP contribution >= 0.6 is 23.2 Å². The number of anilines is 2. The number of hydrogen-bond donors (Lipinski definition) is 2. The number of halogens is 2. The summed E-state index contributed by atoms with van der Waals surface area (Å²) >= 11 is 12.3. The second kappa shape index (κ2) is 7.87. The molecular formula is C17H16Cl2N2O. The predicted octanol–water partition coefficient (Wildman–Crippen LogP) is 4.58. The first-order chi connectivity index (χ1) is 10.6. The molecule has 2 N–H and O–H groups in total. The number of hydrogen-bond acceptors (Lipinski definition) is 2. The van der Waals surface area contributed by atoms with E-state index in [1.165, 1.54) is 0 Å². The molecule has 2 aromatic rings. The summed E-state index contributed by atoms with van der Waals surface area (Å²) in [6.07, 6.45) is 1.91. The maximum absolute atomic E-state index is 11.9. The highest BCUT2D eigenvalue weighted by atomic mass is 35.5. The molecular weight excluding hydrogens is 319 g/mol. The Labute approximate surface area is 139 Å². The van der Waals surface area contributed by atoms with Gasteiger partial charge in [-0.25, -0.2) is 0 Å². The highest BCUT2D eigenvalue weighted by Gasteiger charge is 2.10. The summed E-state index contributed by atoms with van der Waals surface area (Å²) in [5.41, 5.74) is 2.29. The molecule has 5 heteroatoms. The van der Waals surface area contributed by atoms with Gasteiger partial charge in [-0.1, -0.05) is 53.5 Å². The molecule has 0 saturated heterocycles. The first kappa shape index (κ1) is 16.4. The Kier molecular flexibility index (Phi) is 5.87. The van der Waals surface area contributed by atoms with E-state index in [1.807, 2.05) is 24.3 Å². The van der Waals surface area contributed by atoms with Gasteiger partial charge >= 0.3 is 0 Å². The number of rotatable bonds is 6. The lowest BCUT2D eigenvalue weighted by atomic mass is 10.1. The minimum absolute atomic E-state index is 0.0700. The van der Waals surface area contributed by atoms with Crippen LogP contribution in [0.1, 0.15) is 5.56 Å². The van der Waals surface area contributed by atoms with Crippen molar-refractivity contribution >= 4 is 40.5 Å². The normalized spacial score (nSPS) is 10.1. The van der Waals surface area contributed by atoms with Crippen LogP contribution in [0.5, 0.6) is 0 Å². The van der Waals surface area contributed by atoms with Crippen LogP contribution in [0.25, 0.3) is 0 Å². The first-order valence-electron chi connectivity index (χ1n) is 6.78. The molecule has 0 aliphatic heterocycles. The predicted molar refractivity (Wildman–Crippen MR) is 93.1 cm³/mol. The molecule has 0 saturated carbocycles. The van der Waals surface area contributed by atoms with Crippen molar-refractivity contribution in [2.45, 2.75) is 6.42 Å². The second-order valence-electron chi connectivity index (χ2n) is 4.65. The number of carbonyl (C=O) groups is 1. The molecule has 0 unspecified atom stereocenters. The van der Waals surface area contributed by atoms with Crippen LogP contribution in [-0.2, 0) is 11.2 Å². The van der Waals surface area contributed by atoms with E-state index in [2.05, 4.69) is 17.2 Å². The molecule has 2 rings (SSSR count). The van der Waals surface area contributed by atoms with Crippen LogP contribution in [0.15, 0.2) is 55.1 Å². The zero-order chi connectivity index (χ0) is 15.9. The molecule has 2 aromatic carbocycles. The van der Waals surface area contributed by atoms with Gasteiger partial charge in [-0.3, -0.25) is 4.79 Å². The van der Waals surface area contributed by atoms with E-state index in [0.717, 1.165) is 11.3 Å². The molecule has 3 nitrogen and oxygen atoms in total. The Morgan fingerprint density at radius 1 is 1.09 bits per heavy atom. The monoisotopic (exact) mass is 334 g/mol. The topological polar surface area (TPSA) is 41.1 Å². The third-order valence-corrected chi connectivity index (χ3v) is 3.66. The molecule has 0 atom stereocenters. The van der Waals surface area contributed by atoms with Gasteiger partial charge < -0.3 is 10.6 Å². The van der Waals surface area contributed by atoms with Crippen LogP contribution < -0.4 is 10.6 Å². The van der Waals surface area contributed by atoms with E-state index in [1.54, 1.807) is 24.3 Å². The van der Waals surface area contributed by atoms with Gasteiger partial charge in [0.15, 0.2) is 0 Å². The van der Waals surface area contributed by atoms with Gasteiger partial charge in [0.2, 0.25) is 5.91 Å². The van der Waals surface area contributed by atoms with Gasteiger partial charge in [0.25, 0.3) is 0 Å². The fourth-order valence-electron chi connectivity index (χ4n) is 1.97. The Bertz CT molecular complexity index is 666. The summed E-state index contributed by atoms with van der Waals surface area (Å²) in [7, 11) is 0. The maximum atomic E-state index is 11.9. The molecule has 0 aliphatic carbocycles. The highest BCUT2D eigenvalue weighted by Crippen LogP contribution is 2.33. The van der Waals surface area contributed by atoms with E-state index < -0.39 is 0 Å². The van der Waals surface area contributed by atoms with E-state index in [-0.39, 0.29) is 12.3 Å². The van der Waals surface area contributed by atoms with Crippen molar-refractivity contribution in [1.29, 1.82) is 0 Å². The third kappa shape index (κ3) is 4.26. The Balaban J connectivity index is 2.21. The molecule has 114 valence electrons. The van der Waals surface area contributed by atoms with Gasteiger partial charge in [-0.15, -0.1) is 6.58 Å². The Morgan fingerprint density at radius 3 is 2.45 bits per heavy atom. The van der Waals surface area contributed by atoms with Crippen molar-refractivity contribution in [1.82, 2.24) is 5.32 Å².